The van der Waals surface area contributed by atoms with Gasteiger partial charge in [0.1, 0.15) is 0 Å². The van der Waals surface area contributed by atoms with E-state index in [1.807, 2.05) is 25.1 Å². The van der Waals surface area contributed by atoms with Crippen molar-refractivity contribution in [3.63, 3.8) is 0 Å². The van der Waals surface area contributed by atoms with E-state index in [0.717, 1.165) is 22.3 Å². The van der Waals surface area contributed by atoms with Gasteiger partial charge in [0.15, 0.2) is 0 Å². The van der Waals surface area contributed by atoms with Crippen LogP contribution in [0, 0.1) is 12.8 Å². The molecule has 0 atom stereocenters. The molecule has 1 aromatic heterocycles. The van der Waals surface area contributed by atoms with Gasteiger partial charge in [-0.2, -0.15) is 0 Å². The lowest BCUT2D eigenvalue weighted by Crippen LogP contribution is -2.19. The van der Waals surface area contributed by atoms with Crippen LogP contribution in [0.2, 0.25) is 0 Å². The summed E-state index contributed by atoms with van der Waals surface area (Å²) in [6.07, 6.45) is 0. The number of benzene rings is 1. The summed E-state index contributed by atoms with van der Waals surface area (Å²) < 4.78 is 6.55. The molecule has 0 aliphatic rings. The van der Waals surface area contributed by atoms with E-state index >= 15 is 0 Å². The van der Waals surface area contributed by atoms with Crippen molar-refractivity contribution in [1.82, 2.24) is 15.5 Å². The highest BCUT2D eigenvalue weighted by atomic mass is 79.9. The van der Waals surface area contributed by atoms with E-state index in [-0.39, 0.29) is 0 Å². The summed E-state index contributed by atoms with van der Waals surface area (Å²) in [5.41, 5.74) is 2.06. The number of hydrogen-bond acceptors (Lipinski definition) is 5. The Hall–Kier alpha value is -1.40. The van der Waals surface area contributed by atoms with Crippen molar-refractivity contribution in [3.05, 3.63) is 34.1 Å². The Morgan fingerprint density at radius 3 is 2.85 bits per heavy atom. The van der Waals surface area contributed by atoms with Gasteiger partial charge in [-0.15, -0.1) is 5.10 Å². The molecule has 2 rings (SSSR count). The van der Waals surface area contributed by atoms with Crippen molar-refractivity contribution in [3.8, 4) is 0 Å². The van der Waals surface area contributed by atoms with E-state index in [0.29, 0.717) is 24.4 Å². The van der Waals surface area contributed by atoms with E-state index in [4.69, 9.17) is 4.42 Å². The molecule has 0 bridgehead atoms. The average molecular weight is 339 g/mol. The minimum absolute atomic E-state index is 0.401. The first kappa shape index (κ1) is 15.0. The van der Waals surface area contributed by atoms with Crippen LogP contribution in [-0.2, 0) is 6.54 Å². The first-order valence-corrected chi connectivity index (χ1v) is 7.41. The van der Waals surface area contributed by atoms with Crippen molar-refractivity contribution in [2.45, 2.75) is 27.3 Å². The molecule has 2 N–H and O–H groups in total. The van der Waals surface area contributed by atoms with Crippen LogP contribution in [0.5, 0.6) is 0 Å². The van der Waals surface area contributed by atoms with Gasteiger partial charge in [-0.1, -0.05) is 31.1 Å². The van der Waals surface area contributed by atoms with Gasteiger partial charge in [0, 0.05) is 4.47 Å². The smallest absolute Gasteiger partial charge is 0.320 e. The zero-order chi connectivity index (χ0) is 14.5. The zero-order valence-electron chi connectivity index (χ0n) is 11.9. The van der Waals surface area contributed by atoms with Gasteiger partial charge < -0.3 is 15.1 Å². The van der Waals surface area contributed by atoms with Gasteiger partial charge in [-0.05, 0) is 46.9 Å². The molecular weight excluding hydrogens is 320 g/mol. The molecular formula is C14H19BrN4O. The summed E-state index contributed by atoms with van der Waals surface area (Å²) in [6.45, 7) is 7.85. The number of nitrogens with one attached hydrogen (secondary N) is 2. The highest BCUT2D eigenvalue weighted by Gasteiger charge is 2.08. The van der Waals surface area contributed by atoms with Crippen LogP contribution in [0.4, 0.5) is 11.7 Å². The third kappa shape index (κ3) is 4.05. The lowest BCUT2D eigenvalue weighted by molar-refractivity contribution is 0.460. The predicted molar refractivity (Wildman–Crippen MR) is 83.0 cm³/mol. The molecule has 108 valence electrons. The van der Waals surface area contributed by atoms with Crippen LogP contribution < -0.4 is 10.6 Å². The number of hydrogen-bond donors (Lipinski definition) is 2. The fourth-order valence-electron chi connectivity index (χ4n) is 1.70. The van der Waals surface area contributed by atoms with E-state index in [9.17, 15) is 0 Å². The Balaban J connectivity index is 1.97. The monoisotopic (exact) mass is 338 g/mol. The Labute approximate surface area is 127 Å². The normalized spacial score (nSPS) is 11.1. The van der Waals surface area contributed by atoms with E-state index in [1.54, 1.807) is 0 Å². The Kier molecular flexibility index (Phi) is 5.14. The number of aryl methyl sites for hydroxylation is 1. The fourth-order valence-corrected chi connectivity index (χ4v) is 2.07. The van der Waals surface area contributed by atoms with Crippen molar-refractivity contribution >= 4 is 27.6 Å². The second-order valence-corrected chi connectivity index (χ2v) is 5.88. The van der Waals surface area contributed by atoms with Crippen LogP contribution in [0.15, 0.2) is 27.1 Å². The summed E-state index contributed by atoms with van der Waals surface area (Å²) in [5.74, 6) is 1.18. The molecule has 0 saturated carbocycles. The molecule has 6 heteroatoms. The molecule has 1 aromatic carbocycles. The Morgan fingerprint density at radius 1 is 1.30 bits per heavy atom. The van der Waals surface area contributed by atoms with E-state index in [1.165, 1.54) is 0 Å². The predicted octanol–water partition coefficient (Wildman–Crippen LogP) is 3.63. The summed E-state index contributed by atoms with van der Waals surface area (Å²) in [5, 5.41) is 14.4. The molecule has 0 aliphatic heterocycles. The van der Waals surface area contributed by atoms with Crippen LogP contribution in [-0.4, -0.2) is 16.7 Å². The summed E-state index contributed by atoms with van der Waals surface area (Å²) >= 11 is 3.54. The molecule has 20 heavy (non-hydrogen) atoms. The lowest BCUT2D eigenvalue weighted by Gasteiger charge is -2.06. The topological polar surface area (TPSA) is 63.0 Å². The molecule has 0 radical (unpaired) electrons. The molecule has 0 aliphatic carbocycles. The van der Waals surface area contributed by atoms with E-state index in [2.05, 4.69) is 50.6 Å². The summed E-state index contributed by atoms with van der Waals surface area (Å²) in [7, 11) is 0. The number of nitrogens with zero attached hydrogens (tertiary/aromatic N) is 2. The largest absolute Gasteiger partial charge is 0.406 e. The van der Waals surface area contributed by atoms with Crippen LogP contribution in [0.1, 0.15) is 25.3 Å². The number of rotatable bonds is 6. The maximum atomic E-state index is 5.55. The molecule has 0 unspecified atom stereocenters. The standard InChI is InChI=1S/C14H19BrN4O/c1-9(2)7-16-8-12-18-19-14(20-12)17-11-6-4-5-10(3)13(11)15/h4-6,9,16H,7-8H2,1-3H3,(H,17,19). The zero-order valence-corrected chi connectivity index (χ0v) is 13.5. The van der Waals surface area contributed by atoms with Crippen LogP contribution in [0.3, 0.4) is 0 Å². The minimum atomic E-state index is 0.401. The number of halogens is 1. The molecule has 1 heterocycles. The van der Waals surface area contributed by atoms with Crippen molar-refractivity contribution < 1.29 is 4.42 Å². The third-order valence-electron chi connectivity index (χ3n) is 2.73. The molecule has 0 fully saturated rings. The quantitative estimate of drug-likeness (QED) is 0.841. The second-order valence-electron chi connectivity index (χ2n) is 5.09. The molecule has 0 saturated heterocycles. The van der Waals surface area contributed by atoms with Gasteiger partial charge >= 0.3 is 6.01 Å². The molecule has 5 nitrogen and oxygen atoms in total. The average Bonchev–Trinajstić information content (AvgIpc) is 2.82. The number of aromatic nitrogens is 2. The van der Waals surface area contributed by atoms with Crippen LogP contribution in [0.25, 0.3) is 0 Å². The summed E-state index contributed by atoms with van der Waals surface area (Å²) in [6, 6.07) is 6.37. The lowest BCUT2D eigenvalue weighted by atomic mass is 10.2. The van der Waals surface area contributed by atoms with Crippen LogP contribution >= 0.6 is 15.9 Å². The minimum Gasteiger partial charge on any atom is -0.406 e. The number of anilines is 2. The second kappa shape index (κ2) is 6.85. The first-order valence-electron chi connectivity index (χ1n) is 6.61. The van der Waals surface area contributed by atoms with Gasteiger partial charge in [0.05, 0.1) is 12.2 Å². The molecule has 0 spiro atoms. The molecule has 2 aromatic rings. The fraction of sp³-hybridized carbons (Fsp3) is 0.429. The highest BCUT2D eigenvalue weighted by Crippen LogP contribution is 2.28. The maximum absolute atomic E-state index is 5.55. The SMILES string of the molecule is Cc1cccc(Nc2nnc(CNCC(C)C)o2)c1Br. The van der Waals surface area contributed by atoms with Crippen molar-refractivity contribution in [1.29, 1.82) is 0 Å². The van der Waals surface area contributed by atoms with Gasteiger partial charge in [-0.3, -0.25) is 0 Å². The van der Waals surface area contributed by atoms with Gasteiger partial charge in [-0.25, -0.2) is 0 Å². The maximum Gasteiger partial charge on any atom is 0.320 e. The van der Waals surface area contributed by atoms with Crippen molar-refractivity contribution in [2.75, 3.05) is 11.9 Å². The van der Waals surface area contributed by atoms with Gasteiger partial charge in [0.25, 0.3) is 0 Å². The highest BCUT2D eigenvalue weighted by molar-refractivity contribution is 9.10. The van der Waals surface area contributed by atoms with Crippen molar-refractivity contribution in [2.24, 2.45) is 5.92 Å². The first-order chi connectivity index (χ1) is 9.56. The third-order valence-corrected chi connectivity index (χ3v) is 3.78. The van der Waals surface area contributed by atoms with E-state index < -0.39 is 0 Å². The summed E-state index contributed by atoms with van der Waals surface area (Å²) in [4.78, 5) is 0. The molecule has 0 amide bonds. The Bertz CT molecular complexity index is 568. The van der Waals surface area contributed by atoms with Gasteiger partial charge in [0.2, 0.25) is 5.89 Å². The Morgan fingerprint density at radius 2 is 2.10 bits per heavy atom.